The van der Waals surface area contributed by atoms with E-state index in [1.54, 1.807) is 0 Å². The average Bonchev–Trinajstić information content (AvgIpc) is 3.72. The summed E-state index contributed by atoms with van der Waals surface area (Å²) in [5, 5.41) is 3.35. The van der Waals surface area contributed by atoms with E-state index in [0.717, 1.165) is 71.7 Å². The summed E-state index contributed by atoms with van der Waals surface area (Å²) in [5.74, 6) is 1.80. The highest BCUT2D eigenvalue weighted by Gasteiger charge is 2.23. The van der Waals surface area contributed by atoms with Gasteiger partial charge in [-0.25, -0.2) is 4.98 Å². The fourth-order valence-electron chi connectivity index (χ4n) is 7.28. The van der Waals surface area contributed by atoms with Crippen LogP contribution in [0.4, 0.5) is 0 Å². The summed E-state index contributed by atoms with van der Waals surface area (Å²) in [6.45, 7) is 0. The Morgan fingerprint density at radius 2 is 0.920 bits per heavy atom. The molecule has 10 aromatic rings. The predicted molar refractivity (Wildman–Crippen MR) is 203 cm³/mol. The fraction of sp³-hybridized carbons (Fsp3) is 0. The van der Waals surface area contributed by atoms with Crippen LogP contribution in [-0.4, -0.2) is 29.1 Å². The lowest BCUT2D eigenvalue weighted by Crippen LogP contribution is -2.07. The lowest BCUT2D eigenvalue weighted by atomic mass is 9.99. The Morgan fingerprint density at radius 3 is 1.60 bits per heavy atom. The summed E-state index contributed by atoms with van der Waals surface area (Å²) in [6, 6.07) is 56.5. The number of pyridine rings is 1. The van der Waals surface area contributed by atoms with Crippen LogP contribution < -0.4 is 0 Å². The van der Waals surface area contributed by atoms with Crippen LogP contribution in [0.2, 0.25) is 0 Å². The van der Waals surface area contributed by atoms with Gasteiger partial charge in [0.05, 0.1) is 27.6 Å². The molecule has 6 aromatic carbocycles. The topological polar surface area (TPSA) is 61.4 Å². The van der Waals surface area contributed by atoms with Crippen LogP contribution in [-0.2, 0) is 0 Å². The third kappa shape index (κ3) is 4.36. The van der Waals surface area contributed by atoms with Crippen LogP contribution in [0.5, 0.6) is 0 Å². The molecule has 6 nitrogen and oxygen atoms in total. The first-order valence-electron chi connectivity index (χ1n) is 16.7. The summed E-state index contributed by atoms with van der Waals surface area (Å²) in [6.07, 6.45) is 1.87. The van der Waals surface area contributed by atoms with E-state index in [4.69, 9.17) is 19.9 Å². The third-order valence-electron chi connectivity index (χ3n) is 9.43. The molecule has 0 atom stereocenters. The molecule has 4 heterocycles. The largest absolute Gasteiger partial charge is 0.307 e. The van der Waals surface area contributed by atoms with Gasteiger partial charge in [-0.3, -0.25) is 9.55 Å². The Labute approximate surface area is 287 Å². The van der Waals surface area contributed by atoms with E-state index in [9.17, 15) is 0 Å². The van der Waals surface area contributed by atoms with Crippen molar-refractivity contribution in [2.45, 2.75) is 0 Å². The molecule has 0 saturated carbocycles. The second-order valence-electron chi connectivity index (χ2n) is 12.3. The first-order valence-corrected chi connectivity index (χ1v) is 16.7. The van der Waals surface area contributed by atoms with Crippen LogP contribution in [0.1, 0.15) is 0 Å². The van der Waals surface area contributed by atoms with E-state index in [-0.39, 0.29) is 0 Å². The SMILES string of the molecule is c1ccc(-c2nc(-c3ccccc3)nc(-n3c4ccccc4c4cccc(-c5cccc6c7ncccc7n(-c7ccccc7)c56)c43)n2)cc1. The molecule has 4 aromatic heterocycles. The van der Waals surface area contributed by atoms with Crippen LogP contribution >= 0.6 is 0 Å². The molecular weight excluding hydrogens is 613 g/mol. The van der Waals surface area contributed by atoms with Crippen molar-refractivity contribution in [2.75, 3.05) is 0 Å². The number of hydrogen-bond donors (Lipinski definition) is 0. The van der Waals surface area contributed by atoms with Gasteiger partial charge in [0.25, 0.3) is 0 Å². The summed E-state index contributed by atoms with van der Waals surface area (Å²) in [4.78, 5) is 20.3. The van der Waals surface area contributed by atoms with Crippen molar-refractivity contribution < 1.29 is 0 Å². The number of hydrogen-bond acceptors (Lipinski definition) is 4. The normalized spacial score (nSPS) is 11.6. The van der Waals surface area contributed by atoms with E-state index in [0.29, 0.717) is 17.6 Å². The number of nitrogens with zero attached hydrogens (tertiary/aromatic N) is 6. The number of rotatable bonds is 5. The first-order chi connectivity index (χ1) is 24.8. The third-order valence-corrected chi connectivity index (χ3v) is 9.43. The summed E-state index contributed by atoms with van der Waals surface area (Å²) in [7, 11) is 0. The van der Waals surface area contributed by atoms with Crippen LogP contribution in [0.3, 0.4) is 0 Å². The second kappa shape index (κ2) is 11.4. The van der Waals surface area contributed by atoms with Crippen molar-refractivity contribution in [3.8, 4) is 45.5 Å². The van der Waals surface area contributed by atoms with Gasteiger partial charge < -0.3 is 4.57 Å². The van der Waals surface area contributed by atoms with E-state index < -0.39 is 0 Å². The maximum atomic E-state index is 5.19. The van der Waals surface area contributed by atoms with Gasteiger partial charge in [-0.1, -0.05) is 133 Å². The van der Waals surface area contributed by atoms with Crippen molar-refractivity contribution in [1.29, 1.82) is 0 Å². The Bertz CT molecular complexity index is 2800. The first kappa shape index (κ1) is 28.1. The Balaban J connectivity index is 1.34. The molecule has 0 radical (unpaired) electrons. The van der Waals surface area contributed by atoms with Gasteiger partial charge in [0.15, 0.2) is 11.6 Å². The Morgan fingerprint density at radius 1 is 0.380 bits per heavy atom. The van der Waals surface area contributed by atoms with Crippen molar-refractivity contribution in [3.63, 3.8) is 0 Å². The van der Waals surface area contributed by atoms with Crippen molar-refractivity contribution in [3.05, 3.63) is 170 Å². The van der Waals surface area contributed by atoms with Gasteiger partial charge in [0.2, 0.25) is 5.95 Å². The quantitative estimate of drug-likeness (QED) is 0.188. The predicted octanol–water partition coefficient (Wildman–Crippen LogP) is 10.5. The van der Waals surface area contributed by atoms with E-state index in [1.165, 1.54) is 0 Å². The average molecular weight is 641 g/mol. The van der Waals surface area contributed by atoms with Crippen LogP contribution in [0.15, 0.2) is 170 Å². The molecule has 0 aliphatic carbocycles. The van der Waals surface area contributed by atoms with Crippen molar-refractivity contribution in [1.82, 2.24) is 29.1 Å². The molecule has 0 fully saturated rings. The summed E-state index contributed by atoms with van der Waals surface area (Å²) < 4.78 is 4.55. The number of fused-ring (bicyclic) bond motifs is 6. The van der Waals surface area contributed by atoms with Gasteiger partial charge in [-0.05, 0) is 30.3 Å². The van der Waals surface area contributed by atoms with Gasteiger partial charge in [0.1, 0.15) is 0 Å². The minimum atomic E-state index is 0.564. The summed E-state index contributed by atoms with van der Waals surface area (Å²) in [5.41, 5.74) is 10.3. The van der Waals surface area contributed by atoms with E-state index in [2.05, 4.69) is 106 Å². The molecule has 0 N–H and O–H groups in total. The highest BCUT2D eigenvalue weighted by molar-refractivity contribution is 6.18. The molecule has 0 saturated heterocycles. The molecule has 6 heteroatoms. The van der Waals surface area contributed by atoms with Gasteiger partial charge in [-0.2, -0.15) is 9.97 Å². The molecule has 10 rings (SSSR count). The maximum Gasteiger partial charge on any atom is 0.238 e. The minimum Gasteiger partial charge on any atom is -0.307 e. The second-order valence-corrected chi connectivity index (χ2v) is 12.3. The zero-order valence-corrected chi connectivity index (χ0v) is 26.8. The van der Waals surface area contributed by atoms with E-state index >= 15 is 0 Å². The molecule has 50 heavy (non-hydrogen) atoms. The highest BCUT2D eigenvalue weighted by Crippen LogP contribution is 2.42. The number of para-hydroxylation sites is 4. The minimum absolute atomic E-state index is 0.564. The Kier molecular flexibility index (Phi) is 6.39. The highest BCUT2D eigenvalue weighted by atomic mass is 15.2. The maximum absolute atomic E-state index is 5.19. The van der Waals surface area contributed by atoms with Gasteiger partial charge in [-0.15, -0.1) is 0 Å². The zero-order chi connectivity index (χ0) is 33.0. The van der Waals surface area contributed by atoms with Crippen LogP contribution in [0, 0.1) is 0 Å². The van der Waals surface area contributed by atoms with Crippen molar-refractivity contribution >= 4 is 43.7 Å². The lowest BCUT2D eigenvalue weighted by molar-refractivity contribution is 0.954. The van der Waals surface area contributed by atoms with Crippen molar-refractivity contribution in [2.24, 2.45) is 0 Å². The number of benzene rings is 6. The fourth-order valence-corrected chi connectivity index (χ4v) is 7.28. The Hall–Kier alpha value is -6.92. The lowest BCUT2D eigenvalue weighted by Gasteiger charge is -2.15. The molecule has 0 spiro atoms. The van der Waals surface area contributed by atoms with Crippen LogP contribution in [0.25, 0.3) is 89.3 Å². The molecule has 0 aliphatic rings. The van der Waals surface area contributed by atoms with E-state index in [1.807, 2.05) is 72.9 Å². The molecule has 0 unspecified atom stereocenters. The van der Waals surface area contributed by atoms with Gasteiger partial charge in [0, 0.05) is 50.3 Å². The molecule has 234 valence electrons. The monoisotopic (exact) mass is 640 g/mol. The zero-order valence-electron chi connectivity index (χ0n) is 26.8. The van der Waals surface area contributed by atoms with Gasteiger partial charge >= 0.3 is 0 Å². The number of aromatic nitrogens is 6. The standard InChI is InChI=1S/C44H28N6/c1-4-15-29(16-5-1)42-46-43(30-17-6-2-7-18-30)48-44(47-42)50-37-26-11-10-21-32(37)33-22-12-23-34(40(33)50)35-24-13-25-36-39-38(27-14-28-45-39)49(41(35)36)31-19-8-3-9-20-31/h1-28H. The molecule has 0 aliphatic heterocycles. The molecule has 0 bridgehead atoms. The smallest absolute Gasteiger partial charge is 0.238 e. The molecule has 0 amide bonds. The summed E-state index contributed by atoms with van der Waals surface area (Å²) >= 11 is 0. The molecular formula is C44H28N6.